The van der Waals surface area contributed by atoms with Gasteiger partial charge in [-0.25, -0.2) is 0 Å². The van der Waals surface area contributed by atoms with Gasteiger partial charge in [-0.1, -0.05) is 65.3 Å². The Hall–Kier alpha value is -1.38. The van der Waals surface area contributed by atoms with Crippen LogP contribution in [-0.2, 0) is 9.59 Å². The fourth-order valence-corrected chi connectivity index (χ4v) is 10.4. The molecule has 4 fully saturated rings. The average Bonchev–Trinajstić information content (AvgIpc) is 2.73. The highest BCUT2D eigenvalue weighted by Gasteiger charge is 2.69. The number of hydrogen-bond donors (Lipinski definition) is 1. The topological polar surface area (TPSA) is 54.4 Å². The van der Waals surface area contributed by atoms with Crippen molar-refractivity contribution in [2.45, 2.75) is 106 Å². The first kappa shape index (κ1) is 24.3. The predicted octanol–water partition coefficient (Wildman–Crippen LogP) is 7.61. The minimum absolute atomic E-state index is 0.0549. The van der Waals surface area contributed by atoms with Gasteiger partial charge >= 0.3 is 5.97 Å². The molecule has 188 valence electrons. The summed E-state index contributed by atoms with van der Waals surface area (Å²) in [6, 6.07) is 0. The van der Waals surface area contributed by atoms with Crippen LogP contribution in [0.1, 0.15) is 106 Å². The van der Waals surface area contributed by atoms with E-state index in [-0.39, 0.29) is 27.1 Å². The number of Topliss-reactive ketones (excluding diaryl/α,β-unsaturated/α-hetero) is 1. The van der Waals surface area contributed by atoms with Crippen molar-refractivity contribution < 1.29 is 14.7 Å². The van der Waals surface area contributed by atoms with Crippen molar-refractivity contribution in [1.29, 1.82) is 0 Å². The molecule has 0 aromatic carbocycles. The van der Waals surface area contributed by atoms with Crippen LogP contribution in [-0.4, -0.2) is 16.9 Å². The number of carbonyl (C=O) groups is 2. The molecule has 0 aromatic heterocycles. The highest BCUT2D eigenvalue weighted by atomic mass is 16.4. The van der Waals surface area contributed by atoms with E-state index in [1.807, 2.05) is 6.92 Å². The van der Waals surface area contributed by atoms with Crippen molar-refractivity contribution in [3.05, 3.63) is 23.8 Å². The standard InChI is InChI=1S/C31H46O3/c1-19-17-20-21-18-28(5,25(33)34)14-13-27(21,4)15-16-30(20,7)31(8)12-9-22-26(2,3)23(32)10-11-29(22,6)24(19)31/h17,21-22,24H,1,9-16,18H2,2-8H3,(H,33,34)/t21-,22+,24?,27?,28+,29?,30-,31?/m1/s1. The molecule has 34 heavy (non-hydrogen) atoms. The number of carbonyl (C=O) groups excluding carboxylic acids is 1. The fourth-order valence-electron chi connectivity index (χ4n) is 10.4. The van der Waals surface area contributed by atoms with E-state index in [1.54, 1.807) is 0 Å². The van der Waals surface area contributed by atoms with E-state index in [9.17, 15) is 14.7 Å². The van der Waals surface area contributed by atoms with Gasteiger partial charge in [0, 0.05) is 11.8 Å². The Kier molecular flexibility index (Phi) is 4.92. The summed E-state index contributed by atoms with van der Waals surface area (Å²) in [6.07, 6.45) is 11.2. The van der Waals surface area contributed by atoms with Crippen molar-refractivity contribution in [3.8, 4) is 0 Å². The maximum atomic E-state index is 13.0. The minimum Gasteiger partial charge on any atom is -0.481 e. The van der Waals surface area contributed by atoms with Crippen LogP contribution in [0.25, 0.3) is 0 Å². The first-order valence-corrected chi connectivity index (χ1v) is 13.7. The minimum atomic E-state index is -0.639. The first-order chi connectivity index (χ1) is 15.6. The summed E-state index contributed by atoms with van der Waals surface area (Å²) in [5.74, 6) is 0.881. The Morgan fingerprint density at radius 2 is 1.62 bits per heavy atom. The van der Waals surface area contributed by atoms with Gasteiger partial charge in [0.05, 0.1) is 5.41 Å². The highest BCUT2D eigenvalue weighted by molar-refractivity contribution is 5.85. The molecule has 3 nitrogen and oxygen atoms in total. The van der Waals surface area contributed by atoms with Crippen LogP contribution in [0.4, 0.5) is 0 Å². The molecule has 0 saturated heterocycles. The number of fused-ring (bicyclic) bond motifs is 7. The molecule has 5 aliphatic carbocycles. The maximum Gasteiger partial charge on any atom is 0.309 e. The third-order valence-electron chi connectivity index (χ3n) is 13.0. The zero-order valence-electron chi connectivity index (χ0n) is 22.6. The van der Waals surface area contributed by atoms with Gasteiger partial charge in [-0.2, -0.15) is 0 Å². The molecular weight excluding hydrogens is 420 g/mol. The van der Waals surface area contributed by atoms with Gasteiger partial charge in [0.15, 0.2) is 0 Å². The van der Waals surface area contributed by atoms with Crippen molar-refractivity contribution in [3.63, 3.8) is 0 Å². The summed E-state index contributed by atoms with van der Waals surface area (Å²) in [4.78, 5) is 25.2. The van der Waals surface area contributed by atoms with Crippen molar-refractivity contribution in [1.82, 2.24) is 0 Å². The zero-order valence-corrected chi connectivity index (χ0v) is 22.6. The second kappa shape index (κ2) is 6.88. The van der Waals surface area contributed by atoms with Gasteiger partial charge < -0.3 is 5.11 Å². The Bertz CT molecular complexity index is 1000. The van der Waals surface area contributed by atoms with Crippen LogP contribution in [0.5, 0.6) is 0 Å². The lowest BCUT2D eigenvalue weighted by Gasteiger charge is -2.71. The van der Waals surface area contributed by atoms with Gasteiger partial charge in [0.1, 0.15) is 5.78 Å². The Labute approximate surface area is 206 Å². The van der Waals surface area contributed by atoms with Gasteiger partial charge in [0.2, 0.25) is 0 Å². The lowest BCUT2D eigenvalue weighted by Crippen LogP contribution is -2.64. The number of ketones is 1. The molecule has 4 unspecified atom stereocenters. The van der Waals surface area contributed by atoms with Crippen LogP contribution in [0.15, 0.2) is 23.8 Å². The van der Waals surface area contributed by atoms with Crippen molar-refractivity contribution >= 4 is 11.8 Å². The van der Waals surface area contributed by atoms with E-state index in [0.717, 1.165) is 38.5 Å². The average molecular weight is 467 g/mol. The molecule has 4 saturated carbocycles. The summed E-state index contributed by atoms with van der Waals surface area (Å²) < 4.78 is 0. The van der Waals surface area contributed by atoms with E-state index in [4.69, 9.17) is 6.58 Å². The lowest BCUT2D eigenvalue weighted by atomic mass is 9.33. The number of carboxylic acids is 1. The molecule has 5 aliphatic rings. The van der Waals surface area contributed by atoms with Gasteiger partial charge in [-0.15, -0.1) is 0 Å². The molecule has 0 aromatic rings. The Balaban J connectivity index is 1.63. The first-order valence-electron chi connectivity index (χ1n) is 13.7. The fraction of sp³-hybridized carbons (Fsp3) is 0.806. The molecule has 3 heteroatoms. The van der Waals surface area contributed by atoms with E-state index in [0.29, 0.717) is 30.0 Å². The molecule has 0 heterocycles. The molecule has 1 N–H and O–H groups in total. The van der Waals surface area contributed by atoms with Crippen molar-refractivity contribution in [2.75, 3.05) is 0 Å². The van der Waals surface area contributed by atoms with Crippen LogP contribution < -0.4 is 0 Å². The molecular formula is C31H46O3. The predicted molar refractivity (Wildman–Crippen MR) is 136 cm³/mol. The number of carboxylic acid groups (broad SMARTS) is 1. The largest absolute Gasteiger partial charge is 0.481 e. The van der Waals surface area contributed by atoms with E-state index >= 15 is 0 Å². The molecule has 0 bridgehead atoms. The summed E-state index contributed by atoms with van der Waals surface area (Å²) in [6.45, 7) is 21.0. The number of aliphatic carboxylic acids is 1. The van der Waals surface area contributed by atoms with Crippen LogP contribution in [0, 0.1) is 50.2 Å². The van der Waals surface area contributed by atoms with Gasteiger partial charge in [-0.3, -0.25) is 9.59 Å². The summed E-state index contributed by atoms with van der Waals surface area (Å²) >= 11 is 0. The number of rotatable bonds is 1. The zero-order chi connectivity index (χ0) is 25.1. The highest BCUT2D eigenvalue weighted by Crippen LogP contribution is 2.76. The maximum absolute atomic E-state index is 13.0. The molecule has 8 atom stereocenters. The molecule has 0 spiro atoms. The van der Waals surface area contributed by atoms with Crippen LogP contribution in [0.2, 0.25) is 0 Å². The Morgan fingerprint density at radius 3 is 2.26 bits per heavy atom. The monoisotopic (exact) mass is 466 g/mol. The smallest absolute Gasteiger partial charge is 0.309 e. The van der Waals surface area contributed by atoms with Gasteiger partial charge in [0.25, 0.3) is 0 Å². The second-order valence-corrected chi connectivity index (χ2v) is 14.9. The number of hydrogen-bond acceptors (Lipinski definition) is 2. The van der Waals surface area contributed by atoms with Crippen LogP contribution in [0.3, 0.4) is 0 Å². The third-order valence-corrected chi connectivity index (χ3v) is 13.0. The summed E-state index contributed by atoms with van der Waals surface area (Å²) in [5, 5.41) is 10.1. The van der Waals surface area contributed by atoms with E-state index in [2.05, 4.69) is 47.6 Å². The summed E-state index contributed by atoms with van der Waals surface area (Å²) in [7, 11) is 0. The van der Waals surface area contributed by atoms with Gasteiger partial charge in [-0.05, 0) is 97.7 Å². The molecule has 0 amide bonds. The SMILES string of the molecule is C=C1C=C2[C@H]3C[C@@](C)(C(=O)O)CCC3(C)CC[C@@]2(C)C2(C)CC[C@H]3C(C)(C)C(=O)CCC3(C)C12. The molecule has 0 radical (unpaired) electrons. The quantitative estimate of drug-likeness (QED) is 0.433. The lowest BCUT2D eigenvalue weighted by molar-refractivity contribution is -0.176. The normalized spacial score (nSPS) is 52.0. The second-order valence-electron chi connectivity index (χ2n) is 14.9. The molecule has 0 aliphatic heterocycles. The Morgan fingerprint density at radius 1 is 0.971 bits per heavy atom. The van der Waals surface area contributed by atoms with Crippen molar-refractivity contribution in [2.24, 2.45) is 50.2 Å². The van der Waals surface area contributed by atoms with Crippen LogP contribution >= 0.6 is 0 Å². The summed E-state index contributed by atoms with van der Waals surface area (Å²) in [5.41, 5.74) is 2.26. The molecule has 5 rings (SSSR count). The third kappa shape index (κ3) is 2.76. The number of allylic oxidation sites excluding steroid dienone is 3. The van der Waals surface area contributed by atoms with E-state index in [1.165, 1.54) is 24.0 Å². The van der Waals surface area contributed by atoms with E-state index < -0.39 is 11.4 Å².